The number of hydrogen-bond acceptors (Lipinski definition) is 3. The van der Waals surface area contributed by atoms with Crippen LogP contribution >= 0.6 is 0 Å². The summed E-state index contributed by atoms with van der Waals surface area (Å²) in [5.41, 5.74) is -0.566. The highest BCUT2D eigenvalue weighted by Crippen LogP contribution is 2.01. The molecule has 0 aromatic carbocycles. The SMILES string of the molecule is CCNC(C)(C)C(=O)NCC(C)S(C)=O. The second-order valence-corrected chi connectivity index (χ2v) is 5.98. The topological polar surface area (TPSA) is 58.2 Å². The van der Waals surface area contributed by atoms with Crippen molar-refractivity contribution in [1.29, 1.82) is 0 Å². The normalized spacial score (nSPS) is 15.8. The molecule has 4 nitrogen and oxygen atoms in total. The molecule has 1 amide bonds. The van der Waals surface area contributed by atoms with E-state index in [1.807, 2.05) is 27.7 Å². The molecule has 0 aliphatic carbocycles. The second kappa shape index (κ2) is 6.23. The fraction of sp³-hybridized carbons (Fsp3) is 0.900. The van der Waals surface area contributed by atoms with Crippen molar-refractivity contribution in [1.82, 2.24) is 10.6 Å². The summed E-state index contributed by atoms with van der Waals surface area (Å²) >= 11 is 0. The fourth-order valence-corrected chi connectivity index (χ4v) is 1.42. The molecule has 2 N–H and O–H groups in total. The second-order valence-electron chi connectivity index (χ2n) is 4.17. The number of likely N-dealkylation sites (N-methyl/N-ethyl adjacent to an activating group) is 1. The smallest absolute Gasteiger partial charge is 0.239 e. The molecule has 0 aliphatic heterocycles. The van der Waals surface area contributed by atoms with E-state index in [-0.39, 0.29) is 11.2 Å². The number of hydrogen-bond donors (Lipinski definition) is 2. The van der Waals surface area contributed by atoms with Crippen molar-refractivity contribution < 1.29 is 9.00 Å². The van der Waals surface area contributed by atoms with E-state index in [2.05, 4.69) is 10.6 Å². The largest absolute Gasteiger partial charge is 0.353 e. The van der Waals surface area contributed by atoms with Crippen molar-refractivity contribution in [3.05, 3.63) is 0 Å². The predicted molar refractivity (Wildman–Crippen MR) is 64.3 cm³/mol. The van der Waals surface area contributed by atoms with Crippen LogP contribution in [0, 0.1) is 0 Å². The van der Waals surface area contributed by atoms with Crippen LogP contribution < -0.4 is 10.6 Å². The van der Waals surface area contributed by atoms with Gasteiger partial charge in [-0.1, -0.05) is 6.92 Å². The van der Waals surface area contributed by atoms with Crippen LogP contribution in [0.3, 0.4) is 0 Å². The summed E-state index contributed by atoms with van der Waals surface area (Å²) in [7, 11) is -0.892. The Labute approximate surface area is 94.7 Å². The van der Waals surface area contributed by atoms with Crippen molar-refractivity contribution in [2.75, 3.05) is 19.3 Å². The molecule has 0 heterocycles. The summed E-state index contributed by atoms with van der Waals surface area (Å²) in [6.07, 6.45) is 1.65. The van der Waals surface area contributed by atoms with Gasteiger partial charge in [-0.15, -0.1) is 0 Å². The summed E-state index contributed by atoms with van der Waals surface area (Å²) in [5, 5.41) is 5.87. The Hall–Kier alpha value is -0.420. The van der Waals surface area contributed by atoms with E-state index in [0.29, 0.717) is 6.54 Å². The van der Waals surface area contributed by atoms with E-state index >= 15 is 0 Å². The molecule has 0 radical (unpaired) electrons. The van der Waals surface area contributed by atoms with Crippen LogP contribution in [0.5, 0.6) is 0 Å². The van der Waals surface area contributed by atoms with Gasteiger partial charge in [0.25, 0.3) is 0 Å². The first-order valence-corrected chi connectivity index (χ1v) is 6.79. The van der Waals surface area contributed by atoms with E-state index in [1.54, 1.807) is 6.26 Å². The first kappa shape index (κ1) is 14.6. The molecule has 2 atom stereocenters. The molecule has 0 fully saturated rings. The van der Waals surface area contributed by atoms with Crippen molar-refractivity contribution in [3.8, 4) is 0 Å². The van der Waals surface area contributed by atoms with Gasteiger partial charge in [0.05, 0.1) is 5.54 Å². The molecule has 0 rings (SSSR count). The van der Waals surface area contributed by atoms with Gasteiger partial charge in [0, 0.05) is 28.9 Å². The molecule has 0 spiro atoms. The molecule has 0 aromatic rings. The zero-order valence-corrected chi connectivity index (χ0v) is 11.0. The minimum atomic E-state index is -0.892. The molecule has 0 aromatic heterocycles. The van der Waals surface area contributed by atoms with Crippen LogP contribution in [0.1, 0.15) is 27.7 Å². The lowest BCUT2D eigenvalue weighted by molar-refractivity contribution is -0.126. The van der Waals surface area contributed by atoms with Gasteiger partial charge in [0.2, 0.25) is 5.91 Å². The van der Waals surface area contributed by atoms with Crippen LogP contribution in [-0.2, 0) is 15.6 Å². The van der Waals surface area contributed by atoms with Crippen molar-refractivity contribution in [3.63, 3.8) is 0 Å². The Balaban J connectivity index is 4.08. The third kappa shape index (κ3) is 5.28. The summed E-state index contributed by atoms with van der Waals surface area (Å²) < 4.78 is 11.1. The number of amides is 1. The molecule has 0 saturated heterocycles. The van der Waals surface area contributed by atoms with Crippen molar-refractivity contribution >= 4 is 16.7 Å². The van der Waals surface area contributed by atoms with Crippen molar-refractivity contribution in [2.24, 2.45) is 0 Å². The fourth-order valence-electron chi connectivity index (χ4n) is 1.10. The average molecular weight is 234 g/mol. The van der Waals surface area contributed by atoms with Gasteiger partial charge < -0.3 is 10.6 Å². The third-order valence-electron chi connectivity index (χ3n) is 2.30. The Kier molecular flexibility index (Phi) is 6.05. The van der Waals surface area contributed by atoms with Crippen LogP contribution in [-0.4, -0.2) is 40.3 Å². The molecule has 0 bridgehead atoms. The third-order valence-corrected chi connectivity index (χ3v) is 3.60. The van der Waals surface area contributed by atoms with Crippen LogP contribution in [0.15, 0.2) is 0 Å². The van der Waals surface area contributed by atoms with Crippen LogP contribution in [0.4, 0.5) is 0 Å². The van der Waals surface area contributed by atoms with Gasteiger partial charge in [-0.25, -0.2) is 0 Å². The molecule has 0 aliphatic rings. The highest BCUT2D eigenvalue weighted by Gasteiger charge is 2.26. The lowest BCUT2D eigenvalue weighted by Crippen LogP contribution is -2.53. The molecule has 15 heavy (non-hydrogen) atoms. The lowest BCUT2D eigenvalue weighted by atomic mass is 10.0. The Morgan fingerprint density at radius 2 is 2.00 bits per heavy atom. The average Bonchev–Trinajstić information content (AvgIpc) is 2.13. The zero-order valence-electron chi connectivity index (χ0n) is 10.2. The van der Waals surface area contributed by atoms with Gasteiger partial charge in [-0.05, 0) is 27.3 Å². The first-order valence-electron chi connectivity index (χ1n) is 5.16. The van der Waals surface area contributed by atoms with E-state index in [1.165, 1.54) is 0 Å². The minimum Gasteiger partial charge on any atom is -0.353 e. The molecule has 2 unspecified atom stereocenters. The molecule has 90 valence electrons. The summed E-state index contributed by atoms with van der Waals surface area (Å²) in [6, 6.07) is 0. The number of carbonyl (C=O) groups excluding carboxylic acids is 1. The first-order chi connectivity index (χ1) is 6.81. The van der Waals surface area contributed by atoms with Crippen molar-refractivity contribution in [2.45, 2.75) is 38.5 Å². The summed E-state index contributed by atoms with van der Waals surface area (Å²) in [4.78, 5) is 11.7. The highest BCUT2D eigenvalue weighted by atomic mass is 32.2. The van der Waals surface area contributed by atoms with Crippen LogP contribution in [0.2, 0.25) is 0 Å². The van der Waals surface area contributed by atoms with E-state index in [4.69, 9.17) is 0 Å². The maximum Gasteiger partial charge on any atom is 0.239 e. The molecular weight excluding hydrogens is 212 g/mol. The summed E-state index contributed by atoms with van der Waals surface area (Å²) in [5.74, 6) is -0.0540. The lowest BCUT2D eigenvalue weighted by Gasteiger charge is -2.25. The number of rotatable bonds is 6. The number of nitrogens with one attached hydrogen (secondary N) is 2. The molecular formula is C10H22N2O2S. The van der Waals surface area contributed by atoms with Gasteiger partial charge in [-0.2, -0.15) is 0 Å². The standard InChI is InChI=1S/C10H22N2O2S/c1-6-12-10(3,4)9(13)11-7-8(2)15(5)14/h8,12H,6-7H2,1-5H3,(H,11,13). The maximum atomic E-state index is 11.7. The minimum absolute atomic E-state index is 0.00798. The van der Waals surface area contributed by atoms with Gasteiger partial charge in [-0.3, -0.25) is 9.00 Å². The Bertz CT molecular complexity index is 242. The number of carbonyl (C=O) groups is 1. The zero-order chi connectivity index (χ0) is 12.1. The Morgan fingerprint density at radius 3 is 2.40 bits per heavy atom. The maximum absolute atomic E-state index is 11.7. The monoisotopic (exact) mass is 234 g/mol. The predicted octanol–water partition coefficient (Wildman–Crippen LogP) is 0.258. The highest BCUT2D eigenvalue weighted by molar-refractivity contribution is 7.84. The van der Waals surface area contributed by atoms with E-state index in [9.17, 15) is 9.00 Å². The summed E-state index contributed by atoms with van der Waals surface area (Å²) in [6.45, 7) is 8.68. The van der Waals surface area contributed by atoms with Crippen LogP contribution in [0.25, 0.3) is 0 Å². The van der Waals surface area contributed by atoms with Gasteiger partial charge in [0.1, 0.15) is 0 Å². The molecule has 5 heteroatoms. The molecule has 0 saturated carbocycles. The quantitative estimate of drug-likeness (QED) is 0.693. The Morgan fingerprint density at radius 1 is 1.47 bits per heavy atom. The van der Waals surface area contributed by atoms with E-state index in [0.717, 1.165) is 6.54 Å². The van der Waals surface area contributed by atoms with Gasteiger partial charge >= 0.3 is 0 Å². The van der Waals surface area contributed by atoms with Gasteiger partial charge in [0.15, 0.2) is 0 Å². The van der Waals surface area contributed by atoms with E-state index < -0.39 is 16.3 Å².